The molecule has 0 aromatic carbocycles. The minimum absolute atomic E-state index is 0. The third-order valence-electron chi connectivity index (χ3n) is 1.53. The highest BCUT2D eigenvalue weighted by Gasteiger charge is 2.34. The van der Waals surface area contributed by atoms with Crippen LogP contribution in [-0.2, 0) is 4.79 Å². The highest BCUT2D eigenvalue weighted by Crippen LogP contribution is 2.16. The molecule has 1 amide bonds. The van der Waals surface area contributed by atoms with Crippen LogP contribution in [0.3, 0.4) is 0 Å². The summed E-state index contributed by atoms with van der Waals surface area (Å²) in [5.74, 6) is -0.0278. The van der Waals surface area contributed by atoms with E-state index >= 15 is 0 Å². The van der Waals surface area contributed by atoms with Crippen molar-refractivity contribution in [1.82, 2.24) is 5.32 Å². The predicted octanol–water partition coefficient (Wildman–Crippen LogP) is 0.0340. The maximum absolute atomic E-state index is 10.8. The Balaban J connectivity index is 0.000000810. The van der Waals surface area contributed by atoms with E-state index in [9.17, 15) is 4.79 Å². The average Bonchev–Trinajstić information content (AvgIpc) is 1.79. The Morgan fingerprint density at radius 2 is 2.20 bits per heavy atom. The zero-order valence-electron chi connectivity index (χ0n) is 6.18. The minimum atomic E-state index is -0.292. The lowest BCUT2D eigenvalue weighted by Crippen LogP contribution is -2.35. The lowest BCUT2D eigenvalue weighted by Gasteiger charge is -2.15. The Hall–Kier alpha value is -0.280. The number of nitrogens with one attached hydrogen (secondary N) is 1. The molecule has 0 aromatic heterocycles. The Morgan fingerprint density at radius 1 is 1.70 bits per heavy atom. The standard InChI is InChI=1S/C6H12N2O.ClH/c1-6(2)3-4(7)5(9)8-6;/h4H,3,7H2,1-2H3,(H,8,9);1H/t4-;/m0./s1. The number of halogens is 1. The van der Waals surface area contributed by atoms with Crippen molar-refractivity contribution in [3.63, 3.8) is 0 Å². The molecule has 1 aliphatic heterocycles. The van der Waals surface area contributed by atoms with E-state index in [1.54, 1.807) is 0 Å². The zero-order valence-corrected chi connectivity index (χ0v) is 6.99. The Kier molecular flexibility index (Phi) is 2.68. The summed E-state index contributed by atoms with van der Waals surface area (Å²) < 4.78 is 0. The van der Waals surface area contributed by atoms with Gasteiger partial charge in [-0.05, 0) is 20.3 Å². The second kappa shape index (κ2) is 2.76. The first-order valence-electron chi connectivity index (χ1n) is 3.09. The Labute approximate surface area is 66.8 Å². The lowest BCUT2D eigenvalue weighted by atomic mass is 10.0. The first kappa shape index (κ1) is 9.72. The maximum atomic E-state index is 10.8. The van der Waals surface area contributed by atoms with E-state index in [1.807, 2.05) is 13.8 Å². The highest BCUT2D eigenvalue weighted by atomic mass is 35.5. The minimum Gasteiger partial charge on any atom is -0.350 e. The van der Waals surface area contributed by atoms with Gasteiger partial charge in [-0.15, -0.1) is 12.4 Å². The van der Waals surface area contributed by atoms with Crippen LogP contribution in [0.15, 0.2) is 0 Å². The van der Waals surface area contributed by atoms with Crippen LogP contribution >= 0.6 is 12.4 Å². The van der Waals surface area contributed by atoms with E-state index in [2.05, 4.69) is 5.32 Å². The van der Waals surface area contributed by atoms with Gasteiger partial charge in [0.05, 0.1) is 6.04 Å². The third kappa shape index (κ3) is 1.85. The SMILES string of the molecule is CC1(C)C[C@H](N)C(=O)N1.Cl. The van der Waals surface area contributed by atoms with Gasteiger partial charge in [-0.3, -0.25) is 4.79 Å². The number of amides is 1. The number of hydrogen-bond donors (Lipinski definition) is 2. The van der Waals surface area contributed by atoms with Gasteiger partial charge >= 0.3 is 0 Å². The van der Waals surface area contributed by atoms with Crippen LogP contribution in [0.5, 0.6) is 0 Å². The maximum Gasteiger partial charge on any atom is 0.237 e. The average molecular weight is 165 g/mol. The van der Waals surface area contributed by atoms with Crippen LogP contribution in [0.2, 0.25) is 0 Å². The molecule has 1 heterocycles. The first-order valence-corrected chi connectivity index (χ1v) is 3.09. The Morgan fingerprint density at radius 3 is 2.30 bits per heavy atom. The topological polar surface area (TPSA) is 55.1 Å². The van der Waals surface area contributed by atoms with Gasteiger partial charge in [-0.1, -0.05) is 0 Å². The van der Waals surface area contributed by atoms with Gasteiger partial charge in [-0.2, -0.15) is 0 Å². The normalized spacial score (nSPS) is 29.1. The molecule has 1 atom stereocenters. The molecule has 10 heavy (non-hydrogen) atoms. The molecule has 3 N–H and O–H groups in total. The van der Waals surface area contributed by atoms with Crippen LogP contribution in [0.1, 0.15) is 20.3 Å². The molecule has 1 aliphatic rings. The van der Waals surface area contributed by atoms with Crippen molar-refractivity contribution in [3.05, 3.63) is 0 Å². The molecule has 0 spiro atoms. The molecule has 1 rings (SSSR count). The smallest absolute Gasteiger partial charge is 0.237 e. The van der Waals surface area contributed by atoms with E-state index in [0.717, 1.165) is 6.42 Å². The fourth-order valence-electron chi connectivity index (χ4n) is 1.12. The molecule has 0 aromatic rings. The number of hydrogen-bond acceptors (Lipinski definition) is 2. The number of nitrogens with two attached hydrogens (primary N) is 1. The number of rotatable bonds is 0. The first-order chi connectivity index (χ1) is 4.01. The molecule has 1 saturated heterocycles. The summed E-state index contributed by atoms with van der Waals surface area (Å²) in [7, 11) is 0. The van der Waals surface area contributed by atoms with Crippen molar-refractivity contribution < 1.29 is 4.79 Å². The summed E-state index contributed by atoms with van der Waals surface area (Å²) in [4.78, 5) is 10.8. The van der Waals surface area contributed by atoms with Gasteiger partial charge in [-0.25, -0.2) is 0 Å². The van der Waals surface area contributed by atoms with E-state index in [0.29, 0.717) is 0 Å². The van der Waals surface area contributed by atoms with Gasteiger partial charge in [0, 0.05) is 5.54 Å². The molecule has 0 radical (unpaired) electrons. The number of carbonyl (C=O) groups excluding carboxylic acids is 1. The van der Waals surface area contributed by atoms with Gasteiger partial charge in [0.1, 0.15) is 0 Å². The third-order valence-corrected chi connectivity index (χ3v) is 1.53. The molecular formula is C6H13ClN2O. The second-order valence-electron chi connectivity index (χ2n) is 3.18. The molecule has 60 valence electrons. The van der Waals surface area contributed by atoms with Crippen LogP contribution in [0.4, 0.5) is 0 Å². The van der Waals surface area contributed by atoms with Crippen molar-refractivity contribution in [2.75, 3.05) is 0 Å². The van der Waals surface area contributed by atoms with Crippen LogP contribution < -0.4 is 11.1 Å². The summed E-state index contributed by atoms with van der Waals surface area (Å²) in [6, 6.07) is -0.292. The molecule has 3 nitrogen and oxygen atoms in total. The van der Waals surface area contributed by atoms with Gasteiger partial charge < -0.3 is 11.1 Å². The van der Waals surface area contributed by atoms with Gasteiger partial charge in [0.2, 0.25) is 5.91 Å². The largest absolute Gasteiger partial charge is 0.350 e. The van der Waals surface area contributed by atoms with Gasteiger partial charge in [0.15, 0.2) is 0 Å². The summed E-state index contributed by atoms with van der Waals surface area (Å²) in [5.41, 5.74) is 5.36. The molecule has 1 fully saturated rings. The molecule has 4 heteroatoms. The van der Waals surface area contributed by atoms with E-state index < -0.39 is 0 Å². The fourth-order valence-corrected chi connectivity index (χ4v) is 1.12. The molecule has 0 aliphatic carbocycles. The molecule has 0 bridgehead atoms. The van der Waals surface area contributed by atoms with Crippen molar-refractivity contribution in [2.45, 2.75) is 31.8 Å². The summed E-state index contributed by atoms with van der Waals surface area (Å²) in [6.07, 6.45) is 0.742. The number of carbonyl (C=O) groups is 1. The van der Waals surface area contributed by atoms with Crippen LogP contribution in [-0.4, -0.2) is 17.5 Å². The summed E-state index contributed by atoms with van der Waals surface area (Å²) in [5, 5.41) is 2.78. The molecule has 0 unspecified atom stereocenters. The Bertz CT molecular complexity index is 147. The molecule has 0 saturated carbocycles. The monoisotopic (exact) mass is 164 g/mol. The van der Waals surface area contributed by atoms with Gasteiger partial charge in [0.25, 0.3) is 0 Å². The fraction of sp³-hybridized carbons (Fsp3) is 0.833. The second-order valence-corrected chi connectivity index (χ2v) is 3.18. The quantitative estimate of drug-likeness (QED) is 0.531. The van der Waals surface area contributed by atoms with Crippen LogP contribution in [0.25, 0.3) is 0 Å². The van der Waals surface area contributed by atoms with Crippen molar-refractivity contribution in [1.29, 1.82) is 0 Å². The summed E-state index contributed by atoms with van der Waals surface area (Å²) in [6.45, 7) is 3.94. The van der Waals surface area contributed by atoms with Crippen molar-refractivity contribution in [2.24, 2.45) is 5.73 Å². The van der Waals surface area contributed by atoms with E-state index in [-0.39, 0.29) is 29.9 Å². The van der Waals surface area contributed by atoms with E-state index in [1.165, 1.54) is 0 Å². The van der Waals surface area contributed by atoms with Crippen molar-refractivity contribution >= 4 is 18.3 Å². The van der Waals surface area contributed by atoms with Crippen LogP contribution in [0, 0.1) is 0 Å². The predicted molar refractivity (Wildman–Crippen MR) is 42.1 cm³/mol. The lowest BCUT2D eigenvalue weighted by molar-refractivity contribution is -0.120. The summed E-state index contributed by atoms with van der Waals surface area (Å²) >= 11 is 0. The van der Waals surface area contributed by atoms with Crippen molar-refractivity contribution in [3.8, 4) is 0 Å². The highest BCUT2D eigenvalue weighted by molar-refractivity contribution is 5.85. The van der Waals surface area contributed by atoms with E-state index in [4.69, 9.17) is 5.73 Å². The molecular weight excluding hydrogens is 152 g/mol. The zero-order chi connectivity index (χ0) is 7.07.